The van der Waals surface area contributed by atoms with Crippen molar-refractivity contribution in [3.63, 3.8) is 0 Å². The molecule has 0 radical (unpaired) electrons. The highest BCUT2D eigenvalue weighted by Crippen LogP contribution is 2.33. The summed E-state index contributed by atoms with van der Waals surface area (Å²) >= 11 is 0. The second-order valence-corrected chi connectivity index (χ2v) is 7.93. The lowest BCUT2D eigenvalue weighted by Gasteiger charge is -2.15. The summed E-state index contributed by atoms with van der Waals surface area (Å²) in [5.41, 5.74) is 5.19. The van der Waals surface area contributed by atoms with E-state index in [4.69, 9.17) is 5.73 Å². The van der Waals surface area contributed by atoms with Gasteiger partial charge in [0.1, 0.15) is 18.3 Å². The third-order valence-electron chi connectivity index (χ3n) is 5.51. The zero-order valence-corrected chi connectivity index (χ0v) is 19.0. The van der Waals surface area contributed by atoms with E-state index in [-0.39, 0.29) is 28.2 Å². The van der Waals surface area contributed by atoms with E-state index < -0.39 is 23.2 Å². The molecule has 0 aliphatic heterocycles. The van der Waals surface area contributed by atoms with Crippen LogP contribution in [0.3, 0.4) is 0 Å². The van der Waals surface area contributed by atoms with Crippen LogP contribution in [0.1, 0.15) is 5.56 Å². The fourth-order valence-corrected chi connectivity index (χ4v) is 3.78. The molecule has 5 aromatic rings. The molecule has 0 aliphatic carbocycles. The number of nitrogens with one attached hydrogen (secondary N) is 2. The Morgan fingerprint density at radius 3 is 2.42 bits per heavy atom. The number of aromatic nitrogens is 6. The first-order valence-electron chi connectivity index (χ1n) is 10.8. The molecule has 2 amide bonds. The van der Waals surface area contributed by atoms with Gasteiger partial charge in [-0.15, -0.1) is 10.2 Å². The van der Waals surface area contributed by atoms with E-state index in [2.05, 4.69) is 25.8 Å². The van der Waals surface area contributed by atoms with Crippen molar-refractivity contribution in [2.45, 2.75) is 6.18 Å². The first kappa shape index (κ1) is 24.2. The van der Waals surface area contributed by atoms with Gasteiger partial charge in [0.15, 0.2) is 5.39 Å². The number of nitrogens with two attached hydrogens (primary N) is 1. The number of pyridine rings is 1. The molecule has 0 atom stereocenters. The molecule has 2 aromatic carbocycles. The summed E-state index contributed by atoms with van der Waals surface area (Å²) < 4.78 is 43.0. The number of rotatable bonds is 4. The molecule has 15 heteroatoms. The number of fused-ring (bicyclic) bond motifs is 1. The summed E-state index contributed by atoms with van der Waals surface area (Å²) in [5, 5.41) is 24.5. The van der Waals surface area contributed by atoms with Gasteiger partial charge in [-0.3, -0.25) is 9.36 Å². The summed E-state index contributed by atoms with van der Waals surface area (Å²) in [5.74, 6) is -0.0955. The van der Waals surface area contributed by atoms with Crippen LogP contribution in [0.25, 0.3) is 22.4 Å². The first-order chi connectivity index (χ1) is 18.1. The zero-order chi connectivity index (χ0) is 27.0. The number of hydrogen-bond donors (Lipinski definition) is 3. The standard InChI is InChI=1S/C23H16F3N9O3/c24-23(25,26)13-1-6-17(33-11-29-30-12-33)16(9-13)32-22(37)31-14-2-4-15(5-3-14)34-8-7-18(36)19-20(27)28-10-35(38)21(19)34/h1-12H,(H2,27,28)(H2,31,32,37). The Kier molecular flexibility index (Phi) is 5.87. The second-order valence-electron chi connectivity index (χ2n) is 7.93. The Hall–Kier alpha value is -5.47. The number of anilines is 3. The summed E-state index contributed by atoms with van der Waals surface area (Å²) in [6, 6.07) is 9.43. The van der Waals surface area contributed by atoms with Crippen molar-refractivity contribution in [2.75, 3.05) is 16.4 Å². The number of urea groups is 1. The first-order valence-corrected chi connectivity index (χ1v) is 10.8. The molecule has 4 N–H and O–H groups in total. The molecule has 0 unspecified atom stereocenters. The van der Waals surface area contributed by atoms with Gasteiger partial charge in [-0.25, -0.2) is 14.1 Å². The Labute approximate surface area is 210 Å². The molecule has 0 aliphatic rings. The topological polar surface area (TPSA) is 160 Å². The van der Waals surface area contributed by atoms with Gasteiger partial charge in [0.25, 0.3) is 0 Å². The van der Waals surface area contributed by atoms with Crippen molar-refractivity contribution in [1.29, 1.82) is 0 Å². The number of hydrogen-bond acceptors (Lipinski definition) is 7. The number of benzene rings is 2. The Bertz CT molecular complexity index is 1720. The van der Waals surface area contributed by atoms with Crippen LogP contribution < -0.4 is 26.5 Å². The minimum absolute atomic E-state index is 0.0329. The van der Waals surface area contributed by atoms with Crippen molar-refractivity contribution in [3.05, 3.63) is 94.7 Å². The zero-order valence-electron chi connectivity index (χ0n) is 19.0. The highest BCUT2D eigenvalue weighted by molar-refractivity contribution is 6.01. The van der Waals surface area contributed by atoms with Crippen LogP contribution in [0, 0.1) is 5.21 Å². The average molecular weight is 523 g/mol. The van der Waals surface area contributed by atoms with Gasteiger partial charge >= 0.3 is 12.2 Å². The molecule has 0 fully saturated rings. The van der Waals surface area contributed by atoms with E-state index in [1.165, 1.54) is 52.3 Å². The fraction of sp³-hybridized carbons (Fsp3) is 0.0435. The van der Waals surface area contributed by atoms with Crippen LogP contribution in [0.2, 0.25) is 0 Å². The summed E-state index contributed by atoms with van der Waals surface area (Å²) in [4.78, 5) is 28.6. The van der Waals surface area contributed by atoms with E-state index in [1.807, 2.05) is 0 Å². The Morgan fingerprint density at radius 1 is 1.03 bits per heavy atom. The molecule has 0 saturated carbocycles. The van der Waals surface area contributed by atoms with Gasteiger partial charge < -0.3 is 21.6 Å². The Balaban J connectivity index is 1.41. The van der Waals surface area contributed by atoms with Gasteiger partial charge in [-0.2, -0.15) is 13.2 Å². The van der Waals surface area contributed by atoms with Gasteiger partial charge in [0.05, 0.1) is 23.1 Å². The normalized spacial score (nSPS) is 11.4. The molecule has 5 rings (SSSR count). The van der Waals surface area contributed by atoms with Gasteiger partial charge in [-0.1, -0.05) is 4.98 Å². The lowest BCUT2D eigenvalue weighted by molar-refractivity contribution is -0.583. The number of amides is 2. The summed E-state index contributed by atoms with van der Waals surface area (Å²) in [7, 11) is 0. The van der Waals surface area contributed by atoms with E-state index in [9.17, 15) is 28.0 Å². The summed E-state index contributed by atoms with van der Waals surface area (Å²) in [6.45, 7) is 0. The maximum absolute atomic E-state index is 13.3. The molecule has 192 valence electrons. The largest absolute Gasteiger partial charge is 0.740 e. The van der Waals surface area contributed by atoms with Crippen LogP contribution in [-0.2, 0) is 6.18 Å². The highest BCUT2D eigenvalue weighted by atomic mass is 19.4. The van der Waals surface area contributed by atoms with Crippen LogP contribution in [0.4, 0.5) is 35.2 Å². The SMILES string of the molecule is Nc1nc[n+]([O-])c2c1c(=O)ccn2-c1ccc(NC(=O)Nc2cc(C(F)(F)F)ccc2-n2cnnc2)cc1. The number of carbonyl (C=O) groups is 1. The second kappa shape index (κ2) is 9.20. The van der Waals surface area contributed by atoms with E-state index in [0.29, 0.717) is 16.1 Å². The minimum atomic E-state index is -4.62. The van der Waals surface area contributed by atoms with Crippen LogP contribution in [-0.4, -0.2) is 30.3 Å². The third kappa shape index (κ3) is 4.55. The Morgan fingerprint density at radius 2 is 1.74 bits per heavy atom. The van der Waals surface area contributed by atoms with Crippen molar-refractivity contribution in [1.82, 2.24) is 24.3 Å². The van der Waals surface area contributed by atoms with Gasteiger partial charge in [0.2, 0.25) is 23.2 Å². The van der Waals surface area contributed by atoms with Crippen molar-refractivity contribution < 1.29 is 22.7 Å². The lowest BCUT2D eigenvalue weighted by atomic mass is 10.1. The molecule has 3 heterocycles. The van der Waals surface area contributed by atoms with E-state index >= 15 is 0 Å². The number of halogens is 3. The molecule has 0 bridgehead atoms. The van der Waals surface area contributed by atoms with Crippen molar-refractivity contribution >= 4 is 34.3 Å². The van der Waals surface area contributed by atoms with Gasteiger partial charge in [0, 0.05) is 11.8 Å². The van der Waals surface area contributed by atoms with Gasteiger partial charge in [-0.05, 0) is 42.5 Å². The lowest BCUT2D eigenvalue weighted by Crippen LogP contribution is -2.33. The fourth-order valence-electron chi connectivity index (χ4n) is 3.78. The van der Waals surface area contributed by atoms with Crippen LogP contribution in [0.15, 0.2) is 78.5 Å². The molecule has 0 saturated heterocycles. The number of nitrogen functional groups attached to an aromatic ring is 1. The molecular weight excluding hydrogens is 507 g/mol. The maximum atomic E-state index is 13.3. The average Bonchev–Trinajstić information content (AvgIpc) is 3.41. The van der Waals surface area contributed by atoms with Crippen LogP contribution in [0.5, 0.6) is 0 Å². The van der Waals surface area contributed by atoms with Crippen LogP contribution >= 0.6 is 0 Å². The smallest absolute Gasteiger partial charge is 0.416 e. The van der Waals surface area contributed by atoms with Crippen molar-refractivity contribution in [3.8, 4) is 11.4 Å². The number of alkyl halides is 3. The predicted octanol–water partition coefficient (Wildman–Crippen LogP) is 2.84. The quantitative estimate of drug-likeness (QED) is 0.241. The molecule has 3 aromatic heterocycles. The molecular formula is C23H16F3N9O3. The number of nitrogens with zero attached hydrogens (tertiary/aromatic N) is 6. The molecule has 0 spiro atoms. The van der Waals surface area contributed by atoms with Crippen molar-refractivity contribution in [2.24, 2.45) is 0 Å². The highest BCUT2D eigenvalue weighted by Gasteiger charge is 2.31. The third-order valence-corrected chi connectivity index (χ3v) is 5.51. The number of carbonyl (C=O) groups excluding carboxylic acids is 1. The maximum Gasteiger partial charge on any atom is 0.416 e. The molecule has 38 heavy (non-hydrogen) atoms. The van der Waals surface area contributed by atoms with E-state index in [0.717, 1.165) is 18.5 Å². The monoisotopic (exact) mass is 523 g/mol. The molecule has 12 nitrogen and oxygen atoms in total. The summed E-state index contributed by atoms with van der Waals surface area (Å²) in [6.07, 6.45) is 0.272. The minimum Gasteiger partial charge on any atom is -0.740 e. The predicted molar refractivity (Wildman–Crippen MR) is 130 cm³/mol. The van der Waals surface area contributed by atoms with E-state index in [1.54, 1.807) is 12.1 Å².